The highest BCUT2D eigenvalue weighted by molar-refractivity contribution is 7.99. The van der Waals surface area contributed by atoms with Crippen molar-refractivity contribution in [1.29, 1.82) is 0 Å². The number of nitrogens with zero attached hydrogens (tertiary/aromatic N) is 2. The molecule has 2 heterocycles. The van der Waals surface area contributed by atoms with Crippen LogP contribution in [0.5, 0.6) is 5.75 Å². The van der Waals surface area contributed by atoms with Gasteiger partial charge in [0.25, 0.3) is 0 Å². The van der Waals surface area contributed by atoms with Crippen LogP contribution >= 0.6 is 11.8 Å². The summed E-state index contributed by atoms with van der Waals surface area (Å²) in [6.45, 7) is 2.06. The molecule has 0 amide bonds. The Labute approximate surface area is 217 Å². The van der Waals surface area contributed by atoms with Crippen LogP contribution in [0.15, 0.2) is 41.4 Å². The molecule has 1 fully saturated rings. The van der Waals surface area contributed by atoms with E-state index in [1.54, 1.807) is 18.2 Å². The van der Waals surface area contributed by atoms with Gasteiger partial charge in [0, 0.05) is 34.7 Å². The molecule has 0 unspecified atom stereocenters. The van der Waals surface area contributed by atoms with Crippen molar-refractivity contribution in [2.75, 3.05) is 39.1 Å². The Hall–Kier alpha value is -2.40. The number of likely N-dealkylation sites (tertiary alicyclic amines) is 1. The third-order valence-electron chi connectivity index (χ3n) is 7.24. The molecular weight excluding hydrogens is 508 g/mol. The number of methoxy groups -OCH3 is 1. The van der Waals surface area contributed by atoms with Gasteiger partial charge in [-0.1, -0.05) is 0 Å². The maximum absolute atomic E-state index is 14.7. The number of piperidine rings is 1. The minimum absolute atomic E-state index is 0.0379. The first-order valence-corrected chi connectivity index (χ1v) is 13.1. The Bertz CT molecular complexity index is 1210. The minimum atomic E-state index is -1.47. The highest BCUT2D eigenvalue weighted by Gasteiger charge is 2.34. The van der Waals surface area contributed by atoms with E-state index in [1.807, 2.05) is 0 Å². The molecule has 0 saturated carbocycles. The number of aliphatic hydroxyl groups excluding tert-OH is 2. The zero-order valence-corrected chi connectivity index (χ0v) is 21.3. The van der Waals surface area contributed by atoms with Crippen molar-refractivity contribution in [3.8, 4) is 5.75 Å². The number of thioether (sulfide) groups is 1. The summed E-state index contributed by atoms with van der Waals surface area (Å²) in [5.74, 6) is -3.33. The molecular formula is C27H30F4N2O3S. The number of halogens is 4. The molecule has 1 aliphatic rings. The number of hydrogen-bond donors (Lipinski definition) is 2. The van der Waals surface area contributed by atoms with Gasteiger partial charge < -0.3 is 19.8 Å². The van der Waals surface area contributed by atoms with Gasteiger partial charge >= 0.3 is 0 Å². The summed E-state index contributed by atoms with van der Waals surface area (Å²) in [6.07, 6.45) is 2.26. The predicted octanol–water partition coefficient (Wildman–Crippen LogP) is 5.48. The van der Waals surface area contributed by atoms with E-state index in [9.17, 15) is 27.8 Å². The topological polar surface area (TPSA) is 65.8 Å². The standard InChI is InChI=1S/C27H30F4N2O3S/c1-36-17-2-3-23-19(12-17)25(22(30)15-32-23)24(35)4-5-27(16-34)6-8-33(9-7-27)10-11-37-18-13-20(28)26(31)21(29)14-18/h2-3,12-15,24,34-35H,4-11,16H2,1H3/t24-/m1/s1. The number of benzene rings is 2. The smallest absolute Gasteiger partial charge is 0.194 e. The lowest BCUT2D eigenvalue weighted by atomic mass is 9.74. The summed E-state index contributed by atoms with van der Waals surface area (Å²) in [4.78, 5) is 6.64. The van der Waals surface area contributed by atoms with E-state index < -0.39 is 29.4 Å². The zero-order valence-electron chi connectivity index (χ0n) is 20.5. The van der Waals surface area contributed by atoms with E-state index in [4.69, 9.17) is 4.74 Å². The first-order valence-electron chi connectivity index (χ1n) is 12.2. The van der Waals surface area contributed by atoms with Crippen LogP contribution in [0, 0.1) is 28.7 Å². The number of rotatable bonds is 10. The number of ether oxygens (including phenoxy) is 1. The van der Waals surface area contributed by atoms with Gasteiger partial charge in [-0.15, -0.1) is 11.8 Å². The zero-order chi connectivity index (χ0) is 26.6. The van der Waals surface area contributed by atoms with Crippen molar-refractivity contribution in [3.05, 3.63) is 65.4 Å². The number of pyridine rings is 1. The van der Waals surface area contributed by atoms with Gasteiger partial charge in [0.15, 0.2) is 17.5 Å². The lowest BCUT2D eigenvalue weighted by Gasteiger charge is -2.41. The molecule has 1 atom stereocenters. The third-order valence-corrected chi connectivity index (χ3v) is 8.19. The number of aromatic nitrogens is 1. The molecule has 0 aliphatic carbocycles. The van der Waals surface area contributed by atoms with Crippen LogP contribution in [0.2, 0.25) is 0 Å². The van der Waals surface area contributed by atoms with Crippen molar-refractivity contribution in [2.45, 2.75) is 36.7 Å². The summed E-state index contributed by atoms with van der Waals surface area (Å²) >= 11 is 1.25. The van der Waals surface area contributed by atoms with Crippen LogP contribution in [0.3, 0.4) is 0 Å². The Morgan fingerprint density at radius 2 is 1.78 bits per heavy atom. The summed E-state index contributed by atoms with van der Waals surface area (Å²) in [6, 6.07) is 7.10. The van der Waals surface area contributed by atoms with E-state index in [2.05, 4.69) is 9.88 Å². The Morgan fingerprint density at radius 3 is 2.43 bits per heavy atom. The van der Waals surface area contributed by atoms with Crippen LogP contribution in [0.4, 0.5) is 17.6 Å². The van der Waals surface area contributed by atoms with Gasteiger partial charge in [-0.2, -0.15) is 0 Å². The fourth-order valence-corrected chi connectivity index (χ4v) is 5.83. The highest BCUT2D eigenvalue weighted by Crippen LogP contribution is 2.39. The average Bonchev–Trinajstić information content (AvgIpc) is 2.90. The molecule has 5 nitrogen and oxygen atoms in total. The van der Waals surface area contributed by atoms with E-state index in [-0.39, 0.29) is 24.0 Å². The van der Waals surface area contributed by atoms with Gasteiger partial charge in [-0.05, 0) is 74.5 Å². The molecule has 0 bridgehead atoms. The second-order valence-electron chi connectivity index (χ2n) is 9.51. The van der Waals surface area contributed by atoms with Crippen LogP contribution < -0.4 is 4.74 Å². The lowest BCUT2D eigenvalue weighted by molar-refractivity contribution is 0.0251. The lowest BCUT2D eigenvalue weighted by Crippen LogP contribution is -2.43. The first-order chi connectivity index (χ1) is 17.7. The normalized spacial score (nSPS) is 16.7. The molecule has 4 rings (SSSR count). The molecule has 10 heteroatoms. The second kappa shape index (κ2) is 12.0. The first kappa shape index (κ1) is 27.6. The number of aliphatic hydroxyl groups is 2. The molecule has 1 aromatic heterocycles. The van der Waals surface area contributed by atoms with Crippen molar-refractivity contribution in [3.63, 3.8) is 0 Å². The summed E-state index contributed by atoms with van der Waals surface area (Å²) in [5.41, 5.74) is 0.357. The van der Waals surface area contributed by atoms with Crippen molar-refractivity contribution in [1.82, 2.24) is 9.88 Å². The maximum atomic E-state index is 14.7. The molecule has 37 heavy (non-hydrogen) atoms. The van der Waals surface area contributed by atoms with Crippen LogP contribution in [-0.2, 0) is 0 Å². The van der Waals surface area contributed by atoms with E-state index in [0.717, 1.165) is 18.3 Å². The molecule has 2 N–H and O–H groups in total. The predicted molar refractivity (Wildman–Crippen MR) is 135 cm³/mol. The van der Waals surface area contributed by atoms with E-state index in [0.29, 0.717) is 66.2 Å². The van der Waals surface area contributed by atoms with Gasteiger partial charge in [0.2, 0.25) is 0 Å². The molecule has 200 valence electrons. The van der Waals surface area contributed by atoms with E-state index >= 15 is 0 Å². The number of hydrogen-bond acceptors (Lipinski definition) is 6. The quantitative estimate of drug-likeness (QED) is 0.203. The van der Waals surface area contributed by atoms with Gasteiger partial charge in [0.1, 0.15) is 11.6 Å². The average molecular weight is 539 g/mol. The molecule has 3 aromatic rings. The van der Waals surface area contributed by atoms with Gasteiger partial charge in [-0.3, -0.25) is 4.98 Å². The largest absolute Gasteiger partial charge is 0.497 e. The molecule has 1 aliphatic heterocycles. The Morgan fingerprint density at radius 1 is 1.08 bits per heavy atom. The molecule has 0 radical (unpaired) electrons. The SMILES string of the molecule is COc1ccc2ncc(F)c([C@H](O)CCC3(CO)CCN(CCSc4cc(F)c(F)c(F)c4)CC3)c2c1. The fourth-order valence-electron chi connectivity index (χ4n) is 4.87. The number of fused-ring (bicyclic) bond motifs is 1. The summed E-state index contributed by atoms with van der Waals surface area (Å²) in [7, 11) is 1.52. The van der Waals surface area contributed by atoms with E-state index in [1.165, 1.54) is 18.9 Å². The van der Waals surface area contributed by atoms with Crippen LogP contribution in [0.25, 0.3) is 10.9 Å². The molecule has 1 saturated heterocycles. The van der Waals surface area contributed by atoms with Crippen molar-refractivity contribution < 1.29 is 32.5 Å². The van der Waals surface area contributed by atoms with Crippen molar-refractivity contribution in [2.24, 2.45) is 5.41 Å². The van der Waals surface area contributed by atoms with Crippen molar-refractivity contribution >= 4 is 22.7 Å². The van der Waals surface area contributed by atoms with Crippen LogP contribution in [-0.4, -0.2) is 59.2 Å². The highest BCUT2D eigenvalue weighted by atomic mass is 32.2. The van der Waals surface area contributed by atoms with Gasteiger partial charge in [0.05, 0.1) is 24.9 Å². The maximum Gasteiger partial charge on any atom is 0.194 e. The fraction of sp³-hybridized carbons (Fsp3) is 0.444. The molecule has 2 aromatic carbocycles. The Kier molecular flexibility index (Phi) is 8.94. The van der Waals surface area contributed by atoms with Crippen LogP contribution in [0.1, 0.15) is 37.4 Å². The third kappa shape index (κ3) is 6.37. The monoisotopic (exact) mass is 538 g/mol. The van der Waals surface area contributed by atoms with Gasteiger partial charge in [-0.25, -0.2) is 17.6 Å². The Balaban J connectivity index is 1.32. The summed E-state index contributed by atoms with van der Waals surface area (Å²) < 4.78 is 59.9. The molecule has 0 spiro atoms. The minimum Gasteiger partial charge on any atom is -0.497 e. The summed E-state index contributed by atoms with van der Waals surface area (Å²) in [5, 5.41) is 21.7. The second-order valence-corrected chi connectivity index (χ2v) is 10.7.